The summed E-state index contributed by atoms with van der Waals surface area (Å²) in [5, 5.41) is 21.5. The van der Waals surface area contributed by atoms with Crippen LogP contribution in [0.15, 0.2) is 48.7 Å². The van der Waals surface area contributed by atoms with Crippen LogP contribution in [0.5, 0.6) is 5.75 Å². The average Bonchev–Trinajstić information content (AvgIpc) is 2.59. The number of aromatic nitrogens is 2. The van der Waals surface area contributed by atoms with Crippen molar-refractivity contribution in [2.45, 2.75) is 0 Å². The van der Waals surface area contributed by atoms with E-state index in [9.17, 15) is 14.7 Å². The lowest BCUT2D eigenvalue weighted by Crippen LogP contribution is -2.30. The Hall–Kier alpha value is -3.48. The molecule has 0 unspecified atom stereocenters. The van der Waals surface area contributed by atoms with E-state index in [4.69, 9.17) is 5.11 Å². The van der Waals surface area contributed by atoms with Gasteiger partial charge in [-0.25, -0.2) is 4.98 Å². The molecule has 1 amide bonds. The maximum absolute atomic E-state index is 12.0. The molecule has 3 aromatic rings. The van der Waals surface area contributed by atoms with Gasteiger partial charge in [-0.05, 0) is 24.3 Å². The first-order chi connectivity index (χ1) is 11.6. The van der Waals surface area contributed by atoms with Crippen LogP contribution in [0.3, 0.4) is 0 Å². The van der Waals surface area contributed by atoms with Gasteiger partial charge in [-0.3, -0.25) is 14.6 Å². The zero-order valence-electron chi connectivity index (χ0n) is 12.4. The molecule has 1 aromatic carbocycles. The molecule has 7 nitrogen and oxygen atoms in total. The maximum Gasteiger partial charge on any atom is 0.322 e. The van der Waals surface area contributed by atoms with Crippen molar-refractivity contribution in [2.75, 3.05) is 6.54 Å². The van der Waals surface area contributed by atoms with E-state index in [2.05, 4.69) is 15.3 Å². The van der Waals surface area contributed by atoms with E-state index in [1.165, 1.54) is 6.07 Å². The number of rotatable bonds is 4. The van der Waals surface area contributed by atoms with Crippen molar-refractivity contribution >= 4 is 22.8 Å². The van der Waals surface area contributed by atoms with Crippen molar-refractivity contribution in [3.8, 4) is 17.0 Å². The molecular formula is C17H13N3O4. The maximum atomic E-state index is 12.0. The summed E-state index contributed by atoms with van der Waals surface area (Å²) in [6, 6.07) is 12.1. The summed E-state index contributed by atoms with van der Waals surface area (Å²) in [5.74, 6) is -2.26. The lowest BCUT2D eigenvalue weighted by Gasteiger charge is -2.09. The highest BCUT2D eigenvalue weighted by molar-refractivity contribution is 5.98. The SMILES string of the molecule is O=C(O)CNC(=O)c1nc(-c2cccc3ncccc23)ccc1O. The molecular weight excluding hydrogens is 310 g/mol. The molecule has 0 bridgehead atoms. The van der Waals surface area contributed by atoms with E-state index in [1.807, 2.05) is 24.3 Å². The second-order valence-corrected chi connectivity index (χ2v) is 5.02. The number of fused-ring (bicyclic) bond motifs is 1. The van der Waals surface area contributed by atoms with Gasteiger partial charge in [0.15, 0.2) is 5.69 Å². The van der Waals surface area contributed by atoms with Crippen LogP contribution in [-0.4, -0.2) is 38.6 Å². The van der Waals surface area contributed by atoms with Gasteiger partial charge in [0, 0.05) is 17.1 Å². The Morgan fingerprint density at radius 3 is 2.71 bits per heavy atom. The zero-order chi connectivity index (χ0) is 17.1. The topological polar surface area (TPSA) is 112 Å². The average molecular weight is 323 g/mol. The second kappa shape index (κ2) is 6.33. The number of pyridine rings is 2. The molecule has 2 aromatic heterocycles. The number of carbonyl (C=O) groups excluding carboxylic acids is 1. The highest BCUT2D eigenvalue weighted by Crippen LogP contribution is 2.28. The Kier molecular flexibility index (Phi) is 4.07. The number of benzene rings is 1. The molecule has 0 radical (unpaired) electrons. The minimum atomic E-state index is -1.18. The predicted molar refractivity (Wildman–Crippen MR) is 86.6 cm³/mol. The largest absolute Gasteiger partial charge is 0.505 e. The monoisotopic (exact) mass is 323 g/mol. The summed E-state index contributed by atoms with van der Waals surface area (Å²) in [7, 11) is 0. The van der Waals surface area contributed by atoms with Crippen LogP contribution in [0, 0.1) is 0 Å². The number of carboxylic acid groups (broad SMARTS) is 1. The molecule has 7 heteroatoms. The Labute approximate surface area is 136 Å². The molecule has 3 rings (SSSR count). The molecule has 0 atom stereocenters. The van der Waals surface area contributed by atoms with Crippen molar-refractivity contribution in [1.29, 1.82) is 0 Å². The molecule has 0 spiro atoms. The van der Waals surface area contributed by atoms with Crippen LogP contribution in [0.1, 0.15) is 10.5 Å². The quantitative estimate of drug-likeness (QED) is 0.675. The Morgan fingerprint density at radius 1 is 1.08 bits per heavy atom. The third-order valence-electron chi connectivity index (χ3n) is 3.41. The predicted octanol–water partition coefficient (Wildman–Crippen LogP) is 1.82. The first kappa shape index (κ1) is 15.4. The minimum Gasteiger partial charge on any atom is -0.505 e. The van der Waals surface area contributed by atoms with E-state index >= 15 is 0 Å². The van der Waals surface area contributed by atoms with Crippen molar-refractivity contribution in [2.24, 2.45) is 0 Å². The van der Waals surface area contributed by atoms with Crippen molar-refractivity contribution in [1.82, 2.24) is 15.3 Å². The van der Waals surface area contributed by atoms with Crippen LogP contribution in [0.4, 0.5) is 0 Å². The molecule has 0 aliphatic carbocycles. The fraction of sp³-hybridized carbons (Fsp3) is 0.0588. The molecule has 0 fully saturated rings. The molecule has 0 aliphatic heterocycles. The number of aliphatic carboxylic acids is 1. The van der Waals surface area contributed by atoms with Crippen molar-refractivity contribution in [3.05, 3.63) is 54.4 Å². The summed E-state index contributed by atoms with van der Waals surface area (Å²) in [4.78, 5) is 31.0. The third kappa shape index (κ3) is 3.00. The number of nitrogens with one attached hydrogen (secondary N) is 1. The molecule has 2 heterocycles. The smallest absolute Gasteiger partial charge is 0.322 e. The van der Waals surface area contributed by atoms with Gasteiger partial charge >= 0.3 is 5.97 Å². The fourth-order valence-corrected chi connectivity index (χ4v) is 2.34. The summed E-state index contributed by atoms with van der Waals surface area (Å²) in [5.41, 5.74) is 1.79. The van der Waals surface area contributed by atoms with Crippen LogP contribution < -0.4 is 5.32 Å². The molecule has 0 saturated carbocycles. The van der Waals surface area contributed by atoms with Gasteiger partial charge in [-0.2, -0.15) is 0 Å². The summed E-state index contributed by atoms with van der Waals surface area (Å²) < 4.78 is 0. The van der Waals surface area contributed by atoms with Gasteiger partial charge in [-0.1, -0.05) is 18.2 Å². The van der Waals surface area contributed by atoms with Crippen LogP contribution >= 0.6 is 0 Å². The Bertz CT molecular complexity index is 935. The Balaban J connectivity index is 2.04. The van der Waals surface area contributed by atoms with Crippen molar-refractivity contribution in [3.63, 3.8) is 0 Å². The van der Waals surface area contributed by atoms with E-state index in [0.717, 1.165) is 16.5 Å². The fourth-order valence-electron chi connectivity index (χ4n) is 2.34. The van der Waals surface area contributed by atoms with Gasteiger partial charge < -0.3 is 15.5 Å². The van der Waals surface area contributed by atoms with Gasteiger partial charge in [0.2, 0.25) is 0 Å². The Morgan fingerprint density at radius 2 is 1.92 bits per heavy atom. The van der Waals surface area contributed by atoms with Gasteiger partial charge in [-0.15, -0.1) is 0 Å². The van der Waals surface area contributed by atoms with E-state index in [1.54, 1.807) is 18.3 Å². The van der Waals surface area contributed by atoms with E-state index in [-0.39, 0.29) is 11.4 Å². The van der Waals surface area contributed by atoms with Gasteiger partial charge in [0.25, 0.3) is 5.91 Å². The number of nitrogens with zero attached hydrogens (tertiary/aromatic N) is 2. The van der Waals surface area contributed by atoms with Crippen LogP contribution in [0.2, 0.25) is 0 Å². The first-order valence-electron chi connectivity index (χ1n) is 7.10. The van der Waals surface area contributed by atoms with Crippen molar-refractivity contribution < 1.29 is 19.8 Å². The van der Waals surface area contributed by atoms with Crippen LogP contribution in [0.25, 0.3) is 22.2 Å². The standard InChI is InChI=1S/C17H13N3O4/c21-14-7-6-13(20-16(14)17(24)19-9-15(22)23)11-3-1-5-12-10(11)4-2-8-18-12/h1-8,21H,9H2,(H,19,24)(H,22,23). The number of aromatic hydroxyl groups is 1. The van der Waals surface area contributed by atoms with E-state index < -0.39 is 18.4 Å². The van der Waals surface area contributed by atoms with E-state index in [0.29, 0.717) is 5.69 Å². The van der Waals surface area contributed by atoms with Gasteiger partial charge in [0.1, 0.15) is 12.3 Å². The molecule has 24 heavy (non-hydrogen) atoms. The second-order valence-electron chi connectivity index (χ2n) is 5.02. The normalized spacial score (nSPS) is 10.5. The molecule has 0 saturated heterocycles. The zero-order valence-corrected chi connectivity index (χ0v) is 12.4. The number of amides is 1. The van der Waals surface area contributed by atoms with Gasteiger partial charge in [0.05, 0.1) is 11.2 Å². The summed E-state index contributed by atoms with van der Waals surface area (Å²) >= 11 is 0. The minimum absolute atomic E-state index is 0.227. The lowest BCUT2D eigenvalue weighted by molar-refractivity contribution is -0.135. The molecule has 3 N–H and O–H groups in total. The number of carbonyl (C=O) groups is 2. The lowest BCUT2D eigenvalue weighted by atomic mass is 10.0. The molecule has 120 valence electrons. The van der Waals surface area contributed by atoms with Crippen LogP contribution in [-0.2, 0) is 4.79 Å². The third-order valence-corrected chi connectivity index (χ3v) is 3.41. The number of carboxylic acids is 1. The summed E-state index contributed by atoms with van der Waals surface area (Å²) in [6.07, 6.45) is 1.68. The molecule has 0 aliphatic rings. The summed E-state index contributed by atoms with van der Waals surface area (Å²) in [6.45, 7) is -0.553. The number of hydrogen-bond donors (Lipinski definition) is 3. The first-order valence-corrected chi connectivity index (χ1v) is 7.10. The highest BCUT2D eigenvalue weighted by atomic mass is 16.4. The number of hydrogen-bond acceptors (Lipinski definition) is 5. The highest BCUT2D eigenvalue weighted by Gasteiger charge is 2.16.